The molecule has 78 valence electrons. The zero-order valence-electron chi connectivity index (χ0n) is 7.78. The molecule has 0 saturated heterocycles. The predicted molar refractivity (Wildman–Crippen MR) is 58.7 cm³/mol. The lowest BCUT2D eigenvalue weighted by Crippen LogP contribution is -1.96. The molecular weight excluding hydrogens is 237 g/mol. The van der Waals surface area contributed by atoms with Crippen molar-refractivity contribution in [2.45, 2.75) is 0 Å². The van der Waals surface area contributed by atoms with E-state index in [0.29, 0.717) is 27.1 Å². The van der Waals surface area contributed by atoms with Crippen LogP contribution in [0, 0.1) is 0 Å². The number of nitrogens with zero attached hydrogens (tertiary/aromatic N) is 4. The van der Waals surface area contributed by atoms with Crippen LogP contribution in [0.1, 0.15) is 0 Å². The fourth-order valence-corrected chi connectivity index (χ4v) is 1.65. The first kappa shape index (κ1) is 10.2. The van der Waals surface area contributed by atoms with E-state index in [9.17, 15) is 0 Å². The molecule has 0 radical (unpaired) electrons. The van der Waals surface area contributed by atoms with Crippen LogP contribution in [-0.2, 0) is 7.05 Å². The van der Waals surface area contributed by atoms with Gasteiger partial charge in [0.2, 0.25) is 0 Å². The molecule has 2 N–H and O–H groups in total. The second kappa shape index (κ2) is 3.67. The van der Waals surface area contributed by atoms with E-state index in [1.807, 2.05) is 0 Å². The topological polar surface area (TPSA) is 69.6 Å². The highest BCUT2D eigenvalue weighted by Crippen LogP contribution is 2.34. The monoisotopic (exact) mass is 243 g/mol. The lowest BCUT2D eigenvalue weighted by molar-refractivity contribution is 0.715. The molecule has 7 heteroatoms. The Bertz CT molecular complexity index is 508. The van der Waals surface area contributed by atoms with Crippen molar-refractivity contribution in [2.24, 2.45) is 7.05 Å². The highest BCUT2D eigenvalue weighted by atomic mass is 35.5. The first-order valence-corrected chi connectivity index (χ1v) is 4.82. The van der Waals surface area contributed by atoms with Gasteiger partial charge in [0.15, 0.2) is 5.82 Å². The summed E-state index contributed by atoms with van der Waals surface area (Å²) >= 11 is 11.9. The number of tetrazole rings is 1. The van der Waals surface area contributed by atoms with Crippen molar-refractivity contribution < 1.29 is 0 Å². The summed E-state index contributed by atoms with van der Waals surface area (Å²) < 4.78 is 1.50. The fourth-order valence-electron chi connectivity index (χ4n) is 1.23. The van der Waals surface area contributed by atoms with Crippen LogP contribution in [0.5, 0.6) is 0 Å². The molecule has 2 aromatic rings. The minimum Gasteiger partial charge on any atom is -0.399 e. The Morgan fingerprint density at radius 3 is 2.67 bits per heavy atom. The Morgan fingerprint density at radius 2 is 2.07 bits per heavy atom. The highest BCUT2D eigenvalue weighted by Gasteiger charge is 2.13. The minimum atomic E-state index is 0.384. The number of halogens is 2. The molecule has 0 aliphatic heterocycles. The third kappa shape index (κ3) is 1.75. The number of aromatic nitrogens is 4. The van der Waals surface area contributed by atoms with E-state index in [-0.39, 0.29) is 0 Å². The molecule has 1 aromatic carbocycles. The quantitative estimate of drug-likeness (QED) is 0.776. The Kier molecular flexibility index (Phi) is 2.50. The van der Waals surface area contributed by atoms with Crippen molar-refractivity contribution in [1.82, 2.24) is 20.2 Å². The zero-order valence-corrected chi connectivity index (χ0v) is 9.29. The summed E-state index contributed by atoms with van der Waals surface area (Å²) in [6.07, 6.45) is 0. The summed E-state index contributed by atoms with van der Waals surface area (Å²) in [5.74, 6) is 0.522. The summed E-state index contributed by atoms with van der Waals surface area (Å²) in [7, 11) is 1.71. The van der Waals surface area contributed by atoms with Crippen molar-refractivity contribution in [2.75, 3.05) is 5.73 Å². The molecule has 0 aliphatic carbocycles. The maximum absolute atomic E-state index is 6.03. The van der Waals surface area contributed by atoms with Crippen molar-refractivity contribution >= 4 is 28.9 Å². The van der Waals surface area contributed by atoms with Gasteiger partial charge >= 0.3 is 0 Å². The lowest BCUT2D eigenvalue weighted by Gasteiger charge is -2.05. The van der Waals surface area contributed by atoms with E-state index in [2.05, 4.69) is 15.5 Å². The van der Waals surface area contributed by atoms with Crippen LogP contribution in [0.25, 0.3) is 11.4 Å². The number of nitrogens with two attached hydrogens (primary N) is 1. The molecule has 2 rings (SSSR count). The van der Waals surface area contributed by atoms with Gasteiger partial charge in [-0.3, -0.25) is 0 Å². The molecule has 0 saturated carbocycles. The first-order chi connectivity index (χ1) is 7.09. The number of hydrogen-bond donors (Lipinski definition) is 1. The first-order valence-electron chi connectivity index (χ1n) is 4.07. The molecule has 0 spiro atoms. The van der Waals surface area contributed by atoms with Gasteiger partial charge in [0.1, 0.15) is 0 Å². The van der Waals surface area contributed by atoms with Crippen LogP contribution in [-0.4, -0.2) is 20.2 Å². The number of nitrogen functional groups attached to an aromatic ring is 1. The Balaban J connectivity index is 2.68. The van der Waals surface area contributed by atoms with Gasteiger partial charge in [-0.2, -0.15) is 0 Å². The van der Waals surface area contributed by atoms with Crippen molar-refractivity contribution in [3.63, 3.8) is 0 Å². The van der Waals surface area contributed by atoms with Gasteiger partial charge in [0.25, 0.3) is 0 Å². The van der Waals surface area contributed by atoms with Gasteiger partial charge in [-0.25, -0.2) is 4.68 Å². The van der Waals surface area contributed by atoms with Crippen LogP contribution in [0.4, 0.5) is 5.69 Å². The Morgan fingerprint density at radius 1 is 1.33 bits per heavy atom. The summed E-state index contributed by atoms with van der Waals surface area (Å²) in [5.41, 5.74) is 6.80. The van der Waals surface area contributed by atoms with Crippen molar-refractivity contribution in [3.8, 4) is 11.4 Å². The number of benzene rings is 1. The average molecular weight is 244 g/mol. The lowest BCUT2D eigenvalue weighted by atomic mass is 10.2. The number of rotatable bonds is 1. The van der Waals surface area contributed by atoms with E-state index >= 15 is 0 Å². The molecule has 0 atom stereocenters. The highest BCUT2D eigenvalue weighted by molar-refractivity contribution is 6.43. The third-order valence-electron chi connectivity index (χ3n) is 1.91. The second-order valence-corrected chi connectivity index (χ2v) is 3.78. The van der Waals surface area contributed by atoms with Crippen LogP contribution in [0.15, 0.2) is 12.1 Å². The van der Waals surface area contributed by atoms with E-state index in [1.54, 1.807) is 19.2 Å². The van der Waals surface area contributed by atoms with Gasteiger partial charge in [-0.05, 0) is 22.6 Å². The standard InChI is InChI=1S/C8H7Cl2N5/c1-15-8(12-13-14-15)5-2-4(11)3-6(9)7(5)10/h2-3H,11H2,1H3. The largest absolute Gasteiger partial charge is 0.399 e. The van der Waals surface area contributed by atoms with E-state index in [1.165, 1.54) is 4.68 Å². The molecule has 1 heterocycles. The Hall–Kier alpha value is -1.33. The molecule has 0 aliphatic rings. The SMILES string of the molecule is Cn1nnnc1-c1cc(N)cc(Cl)c1Cl. The minimum absolute atomic E-state index is 0.384. The maximum Gasteiger partial charge on any atom is 0.183 e. The van der Waals surface area contributed by atoms with E-state index in [0.717, 1.165) is 0 Å². The normalized spacial score (nSPS) is 10.6. The molecule has 0 fully saturated rings. The van der Waals surface area contributed by atoms with Gasteiger partial charge in [-0.15, -0.1) is 5.10 Å². The van der Waals surface area contributed by atoms with E-state index < -0.39 is 0 Å². The predicted octanol–water partition coefficient (Wildman–Crippen LogP) is 1.77. The number of anilines is 1. The van der Waals surface area contributed by atoms with Gasteiger partial charge < -0.3 is 5.73 Å². The maximum atomic E-state index is 6.03. The molecular formula is C8H7Cl2N5. The molecule has 15 heavy (non-hydrogen) atoms. The van der Waals surface area contributed by atoms with Crippen molar-refractivity contribution in [3.05, 3.63) is 22.2 Å². The molecule has 0 bridgehead atoms. The molecule has 0 amide bonds. The molecule has 0 unspecified atom stereocenters. The zero-order chi connectivity index (χ0) is 11.0. The smallest absolute Gasteiger partial charge is 0.183 e. The molecule has 5 nitrogen and oxygen atoms in total. The van der Waals surface area contributed by atoms with Crippen LogP contribution < -0.4 is 5.73 Å². The van der Waals surface area contributed by atoms with E-state index in [4.69, 9.17) is 28.9 Å². The summed E-state index contributed by atoms with van der Waals surface area (Å²) in [6.45, 7) is 0. The fraction of sp³-hybridized carbons (Fsp3) is 0.125. The van der Waals surface area contributed by atoms with Crippen LogP contribution >= 0.6 is 23.2 Å². The summed E-state index contributed by atoms with van der Waals surface area (Å²) in [5, 5.41) is 11.8. The average Bonchev–Trinajstić information content (AvgIpc) is 2.58. The Labute approximate surface area is 95.8 Å². The summed E-state index contributed by atoms with van der Waals surface area (Å²) in [4.78, 5) is 0. The number of hydrogen-bond acceptors (Lipinski definition) is 4. The summed E-state index contributed by atoms with van der Waals surface area (Å²) in [6, 6.07) is 3.26. The third-order valence-corrected chi connectivity index (χ3v) is 2.71. The number of aryl methyl sites for hydroxylation is 1. The van der Waals surface area contributed by atoms with Gasteiger partial charge in [0, 0.05) is 18.3 Å². The van der Waals surface area contributed by atoms with Gasteiger partial charge in [-0.1, -0.05) is 23.2 Å². The molecule has 1 aromatic heterocycles. The van der Waals surface area contributed by atoms with Crippen molar-refractivity contribution in [1.29, 1.82) is 0 Å². The van der Waals surface area contributed by atoms with Gasteiger partial charge in [0.05, 0.1) is 10.0 Å². The van der Waals surface area contributed by atoms with Crippen LogP contribution in [0.2, 0.25) is 10.0 Å². The van der Waals surface area contributed by atoms with Crippen LogP contribution in [0.3, 0.4) is 0 Å². The second-order valence-electron chi connectivity index (χ2n) is 2.99.